The van der Waals surface area contributed by atoms with E-state index in [0.29, 0.717) is 18.7 Å². The van der Waals surface area contributed by atoms with Crippen molar-refractivity contribution >= 4 is 5.91 Å². The molecule has 19 heavy (non-hydrogen) atoms. The second-order valence-electron chi connectivity index (χ2n) is 4.44. The zero-order valence-electron chi connectivity index (χ0n) is 10.9. The normalized spacial score (nSPS) is 12.1. The van der Waals surface area contributed by atoms with E-state index < -0.39 is 0 Å². The number of nitrogens with one attached hydrogen (secondary N) is 1. The highest BCUT2D eigenvalue weighted by Crippen LogP contribution is 2.12. The SMILES string of the molecule is Cn1ccc(C(=O)NCCC(N)c2ccccc2)n1. The molecule has 0 aliphatic rings. The highest BCUT2D eigenvalue weighted by atomic mass is 16.1. The molecule has 0 aliphatic heterocycles. The Hall–Kier alpha value is -2.14. The van der Waals surface area contributed by atoms with Crippen molar-refractivity contribution in [2.75, 3.05) is 6.54 Å². The standard InChI is InChI=1S/C14H18N4O/c1-18-10-8-13(17-18)14(19)16-9-7-12(15)11-5-3-2-4-6-11/h2-6,8,10,12H,7,9,15H2,1H3,(H,16,19). The Balaban J connectivity index is 1.79. The van der Waals surface area contributed by atoms with Crippen molar-refractivity contribution in [2.24, 2.45) is 12.8 Å². The summed E-state index contributed by atoms with van der Waals surface area (Å²) < 4.78 is 1.60. The van der Waals surface area contributed by atoms with Crippen LogP contribution in [0.4, 0.5) is 0 Å². The van der Waals surface area contributed by atoms with Crippen LogP contribution in [0.5, 0.6) is 0 Å². The number of nitrogens with two attached hydrogens (primary N) is 1. The second kappa shape index (κ2) is 6.15. The minimum atomic E-state index is -0.166. The summed E-state index contributed by atoms with van der Waals surface area (Å²) in [6.07, 6.45) is 2.44. The van der Waals surface area contributed by atoms with Crippen molar-refractivity contribution in [1.82, 2.24) is 15.1 Å². The van der Waals surface area contributed by atoms with Gasteiger partial charge in [0.2, 0.25) is 0 Å². The van der Waals surface area contributed by atoms with Gasteiger partial charge in [0.1, 0.15) is 5.69 Å². The maximum absolute atomic E-state index is 11.7. The van der Waals surface area contributed by atoms with Crippen molar-refractivity contribution in [3.63, 3.8) is 0 Å². The highest BCUT2D eigenvalue weighted by molar-refractivity contribution is 5.92. The van der Waals surface area contributed by atoms with E-state index in [9.17, 15) is 4.79 Å². The summed E-state index contributed by atoms with van der Waals surface area (Å²) in [4.78, 5) is 11.7. The summed E-state index contributed by atoms with van der Waals surface area (Å²) in [6.45, 7) is 0.533. The van der Waals surface area contributed by atoms with Gasteiger partial charge in [-0.2, -0.15) is 5.10 Å². The lowest BCUT2D eigenvalue weighted by atomic mass is 10.1. The number of nitrogens with zero attached hydrogens (tertiary/aromatic N) is 2. The molecule has 1 heterocycles. The molecule has 0 saturated heterocycles. The van der Waals surface area contributed by atoms with Crippen molar-refractivity contribution in [3.8, 4) is 0 Å². The summed E-state index contributed by atoms with van der Waals surface area (Å²) in [6, 6.07) is 11.5. The van der Waals surface area contributed by atoms with Gasteiger partial charge in [-0.3, -0.25) is 9.48 Å². The summed E-state index contributed by atoms with van der Waals surface area (Å²) in [5.74, 6) is -0.166. The van der Waals surface area contributed by atoms with E-state index >= 15 is 0 Å². The van der Waals surface area contributed by atoms with Crippen LogP contribution in [0.3, 0.4) is 0 Å². The number of rotatable bonds is 5. The molecule has 100 valence electrons. The summed E-state index contributed by atoms with van der Waals surface area (Å²) >= 11 is 0. The maximum Gasteiger partial charge on any atom is 0.271 e. The van der Waals surface area contributed by atoms with Gasteiger partial charge in [-0.05, 0) is 18.1 Å². The van der Waals surface area contributed by atoms with Crippen LogP contribution in [-0.4, -0.2) is 22.2 Å². The van der Waals surface area contributed by atoms with E-state index in [2.05, 4.69) is 10.4 Å². The number of carbonyl (C=O) groups is 1. The Morgan fingerprint density at radius 1 is 1.37 bits per heavy atom. The summed E-state index contributed by atoms with van der Waals surface area (Å²) in [5, 5.41) is 6.86. The first-order valence-electron chi connectivity index (χ1n) is 6.25. The van der Waals surface area contributed by atoms with E-state index in [4.69, 9.17) is 5.73 Å². The van der Waals surface area contributed by atoms with Crippen molar-refractivity contribution in [3.05, 3.63) is 53.9 Å². The van der Waals surface area contributed by atoms with Crippen LogP contribution < -0.4 is 11.1 Å². The van der Waals surface area contributed by atoms with Gasteiger partial charge in [-0.25, -0.2) is 0 Å². The third kappa shape index (κ3) is 3.66. The lowest BCUT2D eigenvalue weighted by molar-refractivity contribution is 0.0947. The van der Waals surface area contributed by atoms with Gasteiger partial charge < -0.3 is 11.1 Å². The number of benzene rings is 1. The molecule has 1 aromatic carbocycles. The van der Waals surface area contributed by atoms with Crippen LogP contribution in [0.1, 0.15) is 28.5 Å². The summed E-state index contributed by atoms with van der Waals surface area (Å²) in [5.41, 5.74) is 7.56. The number of carbonyl (C=O) groups excluding carboxylic acids is 1. The van der Waals surface area contributed by atoms with E-state index in [0.717, 1.165) is 5.56 Å². The molecular formula is C14H18N4O. The molecule has 0 bridgehead atoms. The molecule has 2 rings (SSSR count). The fourth-order valence-electron chi connectivity index (χ4n) is 1.83. The fraction of sp³-hybridized carbons (Fsp3) is 0.286. The van der Waals surface area contributed by atoms with E-state index in [1.165, 1.54) is 0 Å². The van der Waals surface area contributed by atoms with E-state index in [1.54, 1.807) is 24.0 Å². The van der Waals surface area contributed by atoms with Crippen LogP contribution in [0.2, 0.25) is 0 Å². The molecule has 1 unspecified atom stereocenters. The van der Waals surface area contributed by atoms with Gasteiger partial charge in [0.15, 0.2) is 0 Å². The molecule has 2 aromatic rings. The smallest absolute Gasteiger partial charge is 0.271 e. The minimum Gasteiger partial charge on any atom is -0.351 e. The predicted octanol–water partition coefficient (Wildman–Crippen LogP) is 1.24. The zero-order chi connectivity index (χ0) is 13.7. The van der Waals surface area contributed by atoms with Gasteiger partial charge in [-0.1, -0.05) is 30.3 Å². The van der Waals surface area contributed by atoms with Gasteiger partial charge in [-0.15, -0.1) is 0 Å². The zero-order valence-corrected chi connectivity index (χ0v) is 10.9. The van der Waals surface area contributed by atoms with Gasteiger partial charge in [0.05, 0.1) is 0 Å². The van der Waals surface area contributed by atoms with Crippen molar-refractivity contribution in [1.29, 1.82) is 0 Å². The Morgan fingerprint density at radius 3 is 2.74 bits per heavy atom. The molecule has 0 aliphatic carbocycles. The monoisotopic (exact) mass is 258 g/mol. The Morgan fingerprint density at radius 2 is 2.11 bits per heavy atom. The van der Waals surface area contributed by atoms with Gasteiger partial charge in [0, 0.05) is 25.8 Å². The summed E-state index contributed by atoms with van der Waals surface area (Å²) in [7, 11) is 1.78. The van der Waals surface area contributed by atoms with Crippen molar-refractivity contribution in [2.45, 2.75) is 12.5 Å². The van der Waals surface area contributed by atoms with Crippen molar-refractivity contribution < 1.29 is 4.79 Å². The van der Waals surface area contributed by atoms with E-state index in [-0.39, 0.29) is 11.9 Å². The fourth-order valence-corrected chi connectivity index (χ4v) is 1.83. The number of amides is 1. The molecule has 3 N–H and O–H groups in total. The molecule has 1 aromatic heterocycles. The van der Waals surface area contributed by atoms with Crippen LogP contribution in [0.15, 0.2) is 42.6 Å². The number of aromatic nitrogens is 2. The maximum atomic E-state index is 11.7. The molecule has 0 saturated carbocycles. The Kier molecular flexibility index (Phi) is 4.30. The first kappa shape index (κ1) is 13.3. The lowest BCUT2D eigenvalue weighted by Crippen LogP contribution is -2.27. The first-order valence-corrected chi connectivity index (χ1v) is 6.25. The highest BCUT2D eigenvalue weighted by Gasteiger charge is 2.09. The third-order valence-corrected chi connectivity index (χ3v) is 2.91. The second-order valence-corrected chi connectivity index (χ2v) is 4.44. The molecule has 1 atom stereocenters. The lowest BCUT2D eigenvalue weighted by Gasteiger charge is -2.12. The largest absolute Gasteiger partial charge is 0.351 e. The number of hydrogen-bond acceptors (Lipinski definition) is 3. The van der Waals surface area contributed by atoms with E-state index in [1.807, 2.05) is 30.3 Å². The molecule has 5 nitrogen and oxygen atoms in total. The number of hydrogen-bond donors (Lipinski definition) is 2. The topological polar surface area (TPSA) is 72.9 Å². The molecule has 0 spiro atoms. The molecule has 0 fully saturated rings. The average molecular weight is 258 g/mol. The molecule has 5 heteroatoms. The van der Waals surface area contributed by atoms with Crippen LogP contribution in [-0.2, 0) is 7.05 Å². The van der Waals surface area contributed by atoms with Crippen LogP contribution >= 0.6 is 0 Å². The molecule has 1 amide bonds. The molecular weight excluding hydrogens is 240 g/mol. The average Bonchev–Trinajstić information content (AvgIpc) is 2.86. The first-order chi connectivity index (χ1) is 9.16. The van der Waals surface area contributed by atoms with Crippen LogP contribution in [0, 0.1) is 0 Å². The third-order valence-electron chi connectivity index (χ3n) is 2.91. The quantitative estimate of drug-likeness (QED) is 0.847. The minimum absolute atomic E-state index is 0.0646. The predicted molar refractivity (Wildman–Crippen MR) is 73.5 cm³/mol. The van der Waals surface area contributed by atoms with Crippen LogP contribution in [0.25, 0.3) is 0 Å². The van der Waals surface area contributed by atoms with Gasteiger partial charge >= 0.3 is 0 Å². The Bertz CT molecular complexity index is 535. The number of aryl methyl sites for hydroxylation is 1. The molecule has 0 radical (unpaired) electrons. The Labute approximate surface area is 112 Å². The van der Waals surface area contributed by atoms with Gasteiger partial charge in [0.25, 0.3) is 5.91 Å².